The zero-order chi connectivity index (χ0) is 11.8. The molecule has 0 aromatic heterocycles. The van der Waals surface area contributed by atoms with E-state index in [4.69, 9.17) is 17.5 Å². The molecule has 0 spiro atoms. The zero-order valence-electron chi connectivity index (χ0n) is 8.48. The molecule has 86 valence electrons. The number of nitrogens with zero attached hydrogens (tertiary/aromatic N) is 1. The molecular weight excluding hydrogens is 232 g/mol. The Hall–Kier alpha value is -1.17. The number of rotatable bonds is 4. The van der Waals surface area contributed by atoms with Gasteiger partial charge in [-0.05, 0) is 24.5 Å². The van der Waals surface area contributed by atoms with E-state index in [1.807, 2.05) is 0 Å². The number of non-ortho nitro benzene ring substituents is 1. The molecule has 1 fully saturated rings. The summed E-state index contributed by atoms with van der Waals surface area (Å²) in [6.45, 7) is 0.341. The lowest BCUT2D eigenvalue weighted by Crippen LogP contribution is -2.18. The van der Waals surface area contributed by atoms with E-state index >= 15 is 0 Å². The fourth-order valence-corrected chi connectivity index (χ4v) is 2.15. The Morgan fingerprint density at radius 3 is 2.75 bits per heavy atom. The van der Waals surface area contributed by atoms with Crippen LogP contribution >= 0.6 is 11.6 Å². The third-order valence-electron chi connectivity index (χ3n) is 2.95. The highest BCUT2D eigenvalue weighted by Gasteiger charge is 2.46. The molecule has 0 atom stereocenters. The van der Waals surface area contributed by atoms with E-state index in [1.165, 1.54) is 12.1 Å². The van der Waals surface area contributed by atoms with Crippen LogP contribution in [0.1, 0.15) is 18.4 Å². The van der Waals surface area contributed by atoms with E-state index in [1.54, 1.807) is 6.07 Å². The Kier molecular flexibility index (Phi) is 2.84. The van der Waals surface area contributed by atoms with E-state index in [9.17, 15) is 10.1 Å². The summed E-state index contributed by atoms with van der Waals surface area (Å²) in [6.07, 6.45) is 1.79. The van der Waals surface area contributed by atoms with Crippen LogP contribution in [0.25, 0.3) is 0 Å². The second-order valence-electron chi connectivity index (χ2n) is 4.01. The van der Waals surface area contributed by atoms with Gasteiger partial charge >= 0.3 is 0 Å². The van der Waals surface area contributed by atoms with Crippen molar-refractivity contribution < 1.29 is 9.76 Å². The predicted octanol–water partition coefficient (Wildman–Crippen LogP) is 2.17. The second-order valence-corrected chi connectivity index (χ2v) is 4.42. The van der Waals surface area contributed by atoms with Crippen LogP contribution in [0.2, 0.25) is 5.02 Å². The van der Waals surface area contributed by atoms with Crippen molar-refractivity contribution >= 4 is 17.3 Å². The number of halogens is 1. The van der Waals surface area contributed by atoms with Crippen molar-refractivity contribution in [2.75, 3.05) is 6.61 Å². The van der Waals surface area contributed by atoms with Crippen LogP contribution in [0.5, 0.6) is 0 Å². The SMILES string of the molecule is NOCC1(c2cc([N+](=O)[O-])ccc2Cl)CC1. The minimum Gasteiger partial charge on any atom is -0.304 e. The third kappa shape index (κ3) is 1.89. The Balaban J connectivity index is 2.40. The normalized spacial score (nSPS) is 17.1. The smallest absolute Gasteiger partial charge is 0.269 e. The molecule has 1 aliphatic rings. The second kappa shape index (κ2) is 4.01. The average Bonchev–Trinajstić information content (AvgIpc) is 2.99. The van der Waals surface area contributed by atoms with Crippen LogP contribution in [0.4, 0.5) is 5.69 Å². The van der Waals surface area contributed by atoms with Gasteiger partial charge in [0.1, 0.15) is 0 Å². The van der Waals surface area contributed by atoms with Gasteiger partial charge in [-0.3, -0.25) is 10.1 Å². The monoisotopic (exact) mass is 242 g/mol. The topological polar surface area (TPSA) is 78.4 Å². The molecule has 0 bridgehead atoms. The lowest BCUT2D eigenvalue weighted by Gasteiger charge is -2.15. The van der Waals surface area contributed by atoms with Crippen LogP contribution in [-0.4, -0.2) is 11.5 Å². The first-order valence-electron chi connectivity index (χ1n) is 4.85. The van der Waals surface area contributed by atoms with Gasteiger partial charge in [-0.1, -0.05) is 11.6 Å². The largest absolute Gasteiger partial charge is 0.304 e. The minimum absolute atomic E-state index is 0.0442. The standard InChI is InChI=1S/C10H11ClN2O3/c11-9-2-1-7(13(14)15)5-8(9)10(3-4-10)6-16-12/h1-2,5H,3-4,6,12H2. The first-order chi connectivity index (χ1) is 7.59. The molecule has 2 N–H and O–H groups in total. The van der Waals surface area contributed by atoms with Gasteiger partial charge in [0.05, 0.1) is 11.5 Å². The van der Waals surface area contributed by atoms with Crippen molar-refractivity contribution in [1.82, 2.24) is 0 Å². The van der Waals surface area contributed by atoms with Crippen molar-refractivity contribution in [3.8, 4) is 0 Å². The van der Waals surface area contributed by atoms with Gasteiger partial charge < -0.3 is 4.84 Å². The molecule has 6 heteroatoms. The molecule has 1 saturated carbocycles. The van der Waals surface area contributed by atoms with E-state index in [2.05, 4.69) is 4.84 Å². The Morgan fingerprint density at radius 1 is 1.56 bits per heavy atom. The fourth-order valence-electron chi connectivity index (χ4n) is 1.84. The number of nitro groups is 1. The van der Waals surface area contributed by atoms with E-state index in [0.717, 1.165) is 18.4 Å². The number of benzene rings is 1. The maximum atomic E-state index is 10.7. The first-order valence-corrected chi connectivity index (χ1v) is 5.23. The van der Waals surface area contributed by atoms with Crippen molar-refractivity contribution in [1.29, 1.82) is 0 Å². The molecule has 0 aliphatic heterocycles. The van der Waals surface area contributed by atoms with E-state index in [-0.39, 0.29) is 11.1 Å². The van der Waals surface area contributed by atoms with Gasteiger partial charge in [-0.25, -0.2) is 5.90 Å². The molecule has 0 heterocycles. The third-order valence-corrected chi connectivity index (χ3v) is 3.27. The minimum atomic E-state index is -0.431. The molecule has 5 nitrogen and oxygen atoms in total. The van der Waals surface area contributed by atoms with Crippen molar-refractivity contribution in [2.24, 2.45) is 5.90 Å². The summed E-state index contributed by atoms with van der Waals surface area (Å²) in [4.78, 5) is 14.9. The lowest BCUT2D eigenvalue weighted by molar-refractivity contribution is -0.384. The molecular formula is C10H11ClN2O3. The molecule has 0 radical (unpaired) electrons. The predicted molar refractivity (Wildman–Crippen MR) is 59.2 cm³/mol. The van der Waals surface area contributed by atoms with E-state index < -0.39 is 4.92 Å². The Bertz CT molecular complexity index is 432. The average molecular weight is 243 g/mol. The summed E-state index contributed by atoms with van der Waals surface area (Å²) >= 11 is 6.04. The van der Waals surface area contributed by atoms with Gasteiger partial charge in [-0.2, -0.15) is 0 Å². The summed E-state index contributed by atoms with van der Waals surface area (Å²) in [7, 11) is 0. The van der Waals surface area contributed by atoms with Gasteiger partial charge in [0.15, 0.2) is 0 Å². The van der Waals surface area contributed by atoms with Crippen molar-refractivity contribution in [3.63, 3.8) is 0 Å². The Labute approximate surface area is 97.2 Å². The summed E-state index contributed by atoms with van der Waals surface area (Å²) in [5.41, 5.74) is 0.578. The summed E-state index contributed by atoms with van der Waals surface area (Å²) in [5, 5.41) is 11.2. The molecule has 16 heavy (non-hydrogen) atoms. The van der Waals surface area contributed by atoms with Gasteiger partial charge in [0.25, 0.3) is 5.69 Å². The highest BCUT2D eigenvalue weighted by molar-refractivity contribution is 6.31. The number of nitrogens with two attached hydrogens (primary N) is 1. The highest BCUT2D eigenvalue weighted by atomic mass is 35.5. The van der Waals surface area contributed by atoms with Crippen LogP contribution in [0, 0.1) is 10.1 Å². The summed E-state index contributed by atoms with van der Waals surface area (Å²) in [6, 6.07) is 4.45. The Morgan fingerprint density at radius 2 is 2.25 bits per heavy atom. The molecule has 0 saturated heterocycles. The quantitative estimate of drug-likeness (QED) is 0.648. The molecule has 1 aromatic rings. The maximum absolute atomic E-state index is 10.7. The molecule has 0 amide bonds. The summed E-state index contributed by atoms with van der Waals surface area (Å²) in [5.74, 6) is 5.06. The molecule has 1 aliphatic carbocycles. The van der Waals surface area contributed by atoms with Crippen molar-refractivity contribution in [3.05, 3.63) is 38.9 Å². The number of hydrogen-bond donors (Lipinski definition) is 1. The van der Waals surface area contributed by atoms with E-state index in [0.29, 0.717) is 11.6 Å². The van der Waals surface area contributed by atoms with Crippen LogP contribution in [-0.2, 0) is 10.3 Å². The van der Waals surface area contributed by atoms with Crippen LogP contribution in [0.3, 0.4) is 0 Å². The van der Waals surface area contributed by atoms with Crippen LogP contribution in [0.15, 0.2) is 18.2 Å². The van der Waals surface area contributed by atoms with Gasteiger partial charge in [0, 0.05) is 22.6 Å². The number of nitro benzene ring substituents is 1. The van der Waals surface area contributed by atoms with Gasteiger partial charge in [-0.15, -0.1) is 0 Å². The summed E-state index contributed by atoms with van der Waals surface area (Å²) < 4.78 is 0. The highest BCUT2D eigenvalue weighted by Crippen LogP contribution is 2.51. The van der Waals surface area contributed by atoms with Crippen LogP contribution < -0.4 is 5.90 Å². The zero-order valence-corrected chi connectivity index (χ0v) is 9.24. The number of hydrogen-bond acceptors (Lipinski definition) is 4. The molecule has 0 unspecified atom stereocenters. The maximum Gasteiger partial charge on any atom is 0.269 e. The molecule has 1 aromatic carbocycles. The fraction of sp³-hybridized carbons (Fsp3) is 0.400. The van der Waals surface area contributed by atoms with Crippen molar-refractivity contribution in [2.45, 2.75) is 18.3 Å². The lowest BCUT2D eigenvalue weighted by atomic mass is 9.96. The first kappa shape index (κ1) is 11.3. The molecule has 2 rings (SSSR count). The van der Waals surface area contributed by atoms with Gasteiger partial charge in [0.2, 0.25) is 0 Å².